The van der Waals surface area contributed by atoms with Gasteiger partial charge in [-0.1, -0.05) is 50.2 Å². The van der Waals surface area contributed by atoms with Crippen molar-refractivity contribution in [3.8, 4) is 17.2 Å². The fourth-order valence-corrected chi connectivity index (χ4v) is 4.08. The molecule has 10 heteroatoms. The van der Waals surface area contributed by atoms with Gasteiger partial charge < -0.3 is 5.11 Å². The Labute approximate surface area is 192 Å². The average Bonchev–Trinajstić information content (AvgIpc) is 2.73. The third kappa shape index (κ3) is 7.82. The fraction of sp³-hybridized carbons (Fsp3) is 0.435. The maximum absolute atomic E-state index is 13.9. The van der Waals surface area contributed by atoms with Gasteiger partial charge in [0.1, 0.15) is 12.3 Å². The molecular formula is C23H28F3N3O3S. The molecule has 0 aliphatic heterocycles. The zero-order valence-electron chi connectivity index (χ0n) is 18.6. The third-order valence-corrected chi connectivity index (χ3v) is 6.19. The Hall–Kier alpha value is -2.45. The normalized spacial score (nSPS) is 15.1. The molecular weight excluding hydrogens is 455 g/mol. The summed E-state index contributed by atoms with van der Waals surface area (Å²) in [6, 6.07) is 10.7. The number of halogens is 3. The SMILES string of the molecule is CC(C)CC(N[C@@H](c1ccc(-c2ccc(S(C)(=O)=O)cc2)cc1)C(F)(F)F)C(O)NCC#N. The maximum Gasteiger partial charge on any atom is 0.407 e. The molecule has 0 amide bonds. The van der Waals surface area contributed by atoms with Crippen molar-refractivity contribution in [1.82, 2.24) is 10.6 Å². The van der Waals surface area contributed by atoms with E-state index in [4.69, 9.17) is 5.26 Å². The second kappa shape index (κ2) is 11.1. The number of alkyl halides is 3. The summed E-state index contributed by atoms with van der Waals surface area (Å²) in [5, 5.41) is 24.0. The van der Waals surface area contributed by atoms with Crippen molar-refractivity contribution >= 4 is 9.84 Å². The molecule has 180 valence electrons. The van der Waals surface area contributed by atoms with E-state index in [1.807, 2.05) is 13.8 Å². The molecule has 3 atom stereocenters. The molecule has 0 fully saturated rings. The number of sulfone groups is 1. The monoisotopic (exact) mass is 483 g/mol. The molecule has 0 aliphatic rings. The van der Waals surface area contributed by atoms with Crippen LogP contribution < -0.4 is 10.6 Å². The first-order valence-corrected chi connectivity index (χ1v) is 12.2. The lowest BCUT2D eigenvalue weighted by molar-refractivity contribution is -0.162. The van der Waals surface area contributed by atoms with Gasteiger partial charge in [-0.2, -0.15) is 18.4 Å². The van der Waals surface area contributed by atoms with Crippen LogP contribution in [0.25, 0.3) is 11.1 Å². The van der Waals surface area contributed by atoms with E-state index in [1.54, 1.807) is 18.2 Å². The summed E-state index contributed by atoms with van der Waals surface area (Å²) in [6.45, 7) is 3.47. The van der Waals surface area contributed by atoms with E-state index < -0.39 is 34.3 Å². The largest absolute Gasteiger partial charge is 0.407 e. The van der Waals surface area contributed by atoms with Gasteiger partial charge in [0.25, 0.3) is 0 Å². The Morgan fingerprint density at radius 1 is 1.03 bits per heavy atom. The summed E-state index contributed by atoms with van der Waals surface area (Å²) in [5.41, 5.74) is 1.27. The van der Waals surface area contributed by atoms with Crippen LogP contribution in [0.1, 0.15) is 31.9 Å². The highest BCUT2D eigenvalue weighted by Gasteiger charge is 2.42. The first-order chi connectivity index (χ1) is 15.3. The number of rotatable bonds is 10. The molecule has 2 aromatic carbocycles. The van der Waals surface area contributed by atoms with Gasteiger partial charge in [0.05, 0.1) is 17.5 Å². The summed E-state index contributed by atoms with van der Waals surface area (Å²) in [7, 11) is -3.35. The molecule has 6 nitrogen and oxygen atoms in total. The lowest BCUT2D eigenvalue weighted by Gasteiger charge is -2.32. The van der Waals surface area contributed by atoms with Crippen LogP contribution in [0.15, 0.2) is 53.4 Å². The van der Waals surface area contributed by atoms with Gasteiger partial charge in [-0.25, -0.2) is 8.42 Å². The van der Waals surface area contributed by atoms with Gasteiger partial charge in [0.2, 0.25) is 0 Å². The third-order valence-electron chi connectivity index (χ3n) is 5.06. The van der Waals surface area contributed by atoms with E-state index in [0.29, 0.717) is 11.1 Å². The molecule has 0 spiro atoms. The number of benzene rings is 2. The number of hydrogen-bond donors (Lipinski definition) is 3. The number of hydrogen-bond acceptors (Lipinski definition) is 6. The van der Waals surface area contributed by atoms with Gasteiger partial charge in [0, 0.05) is 12.3 Å². The summed E-state index contributed by atoms with van der Waals surface area (Å²) in [5.74, 6) is 0.00667. The van der Waals surface area contributed by atoms with E-state index in [0.717, 1.165) is 6.26 Å². The van der Waals surface area contributed by atoms with E-state index in [9.17, 15) is 26.7 Å². The van der Waals surface area contributed by atoms with Gasteiger partial charge in [0.15, 0.2) is 9.84 Å². The maximum atomic E-state index is 13.9. The van der Waals surface area contributed by atoms with Crippen molar-refractivity contribution in [3.05, 3.63) is 54.1 Å². The first-order valence-electron chi connectivity index (χ1n) is 10.3. The van der Waals surface area contributed by atoms with Crippen molar-refractivity contribution in [2.24, 2.45) is 5.92 Å². The number of aliphatic hydroxyl groups is 1. The molecule has 2 unspecified atom stereocenters. The lowest BCUT2D eigenvalue weighted by atomic mass is 9.97. The van der Waals surface area contributed by atoms with Crippen LogP contribution >= 0.6 is 0 Å². The van der Waals surface area contributed by atoms with Gasteiger partial charge in [-0.15, -0.1) is 0 Å². The Balaban J connectivity index is 2.30. The standard InChI is InChI=1S/C23H28F3N3O3S/c1-15(2)14-20(22(30)28-13-12-27)29-21(23(24,25)26)18-6-4-16(5-7-18)17-8-10-19(11-9-17)33(3,31)32/h4-11,15,20-22,28-30H,13-14H2,1-3H3/t20?,21-,22?/m0/s1. The highest BCUT2D eigenvalue weighted by Crippen LogP contribution is 2.35. The molecule has 33 heavy (non-hydrogen) atoms. The predicted octanol–water partition coefficient (Wildman–Crippen LogP) is 3.80. The minimum absolute atomic E-state index is 0.00667. The fourth-order valence-electron chi connectivity index (χ4n) is 3.44. The molecule has 0 bridgehead atoms. The summed E-state index contributed by atoms with van der Waals surface area (Å²) < 4.78 is 65.0. The summed E-state index contributed by atoms with van der Waals surface area (Å²) >= 11 is 0. The molecule has 0 aliphatic carbocycles. The Morgan fingerprint density at radius 3 is 1.97 bits per heavy atom. The number of nitrogens with zero attached hydrogens (tertiary/aromatic N) is 1. The van der Waals surface area contributed by atoms with Crippen molar-refractivity contribution in [1.29, 1.82) is 5.26 Å². The lowest BCUT2D eigenvalue weighted by Crippen LogP contribution is -2.52. The van der Waals surface area contributed by atoms with Crippen LogP contribution in [0.3, 0.4) is 0 Å². The van der Waals surface area contributed by atoms with E-state index in [-0.39, 0.29) is 29.3 Å². The number of nitriles is 1. The Morgan fingerprint density at radius 2 is 1.55 bits per heavy atom. The molecule has 2 rings (SSSR count). The summed E-state index contributed by atoms with van der Waals surface area (Å²) in [4.78, 5) is 0.156. The van der Waals surface area contributed by atoms with Crippen LogP contribution in [-0.4, -0.2) is 44.8 Å². The predicted molar refractivity (Wildman–Crippen MR) is 120 cm³/mol. The van der Waals surface area contributed by atoms with E-state index in [1.165, 1.54) is 36.4 Å². The van der Waals surface area contributed by atoms with Crippen molar-refractivity contribution in [3.63, 3.8) is 0 Å². The number of aliphatic hydroxyl groups excluding tert-OH is 1. The van der Waals surface area contributed by atoms with E-state index in [2.05, 4.69) is 10.6 Å². The molecule has 3 N–H and O–H groups in total. The molecule has 0 heterocycles. The molecule has 0 saturated heterocycles. The van der Waals surface area contributed by atoms with Gasteiger partial charge in [-0.3, -0.25) is 10.6 Å². The smallest absolute Gasteiger partial charge is 0.377 e. The van der Waals surface area contributed by atoms with Crippen LogP contribution in [0.2, 0.25) is 0 Å². The summed E-state index contributed by atoms with van der Waals surface area (Å²) in [6.07, 6.45) is -4.59. The molecule has 0 aromatic heterocycles. The molecule has 0 radical (unpaired) electrons. The average molecular weight is 484 g/mol. The molecule has 2 aromatic rings. The first kappa shape index (κ1) is 26.8. The van der Waals surface area contributed by atoms with Gasteiger partial charge in [-0.05, 0) is 41.2 Å². The van der Waals surface area contributed by atoms with E-state index >= 15 is 0 Å². The quantitative estimate of drug-likeness (QED) is 0.351. The van der Waals surface area contributed by atoms with Crippen molar-refractivity contribution in [2.75, 3.05) is 12.8 Å². The van der Waals surface area contributed by atoms with Crippen LogP contribution in [0.4, 0.5) is 13.2 Å². The molecule has 0 saturated carbocycles. The van der Waals surface area contributed by atoms with Crippen LogP contribution in [-0.2, 0) is 9.84 Å². The highest BCUT2D eigenvalue weighted by molar-refractivity contribution is 7.90. The second-order valence-electron chi connectivity index (χ2n) is 8.28. The highest BCUT2D eigenvalue weighted by atomic mass is 32.2. The Bertz CT molecular complexity index is 1050. The topological polar surface area (TPSA) is 102 Å². The van der Waals surface area contributed by atoms with Gasteiger partial charge >= 0.3 is 6.18 Å². The second-order valence-corrected chi connectivity index (χ2v) is 10.3. The zero-order valence-corrected chi connectivity index (χ0v) is 19.4. The zero-order chi connectivity index (χ0) is 24.8. The van der Waals surface area contributed by atoms with Crippen molar-refractivity contribution < 1.29 is 26.7 Å². The minimum atomic E-state index is -4.62. The van der Waals surface area contributed by atoms with Crippen LogP contribution in [0, 0.1) is 17.2 Å². The minimum Gasteiger partial charge on any atom is -0.377 e. The number of nitrogens with one attached hydrogen (secondary N) is 2. The Kier molecular flexibility index (Phi) is 9.03. The van der Waals surface area contributed by atoms with Crippen molar-refractivity contribution in [2.45, 2.75) is 49.7 Å². The van der Waals surface area contributed by atoms with Crippen LogP contribution in [0.5, 0.6) is 0 Å².